The molecule has 112 valence electrons. The highest BCUT2D eigenvalue weighted by atomic mass is 32.2. The van der Waals surface area contributed by atoms with Gasteiger partial charge in [-0.15, -0.1) is 0 Å². The number of halogens is 3. The summed E-state index contributed by atoms with van der Waals surface area (Å²) in [5, 5.41) is 2.16. The Labute approximate surface area is 117 Å². The zero-order valence-electron chi connectivity index (χ0n) is 11.0. The van der Waals surface area contributed by atoms with Gasteiger partial charge in [0.2, 0.25) is 0 Å². The van der Waals surface area contributed by atoms with Crippen molar-refractivity contribution in [3.63, 3.8) is 0 Å². The molecule has 0 spiro atoms. The van der Waals surface area contributed by atoms with Crippen LogP contribution in [0.25, 0.3) is 0 Å². The molecular weight excluding hydrogens is 293 g/mol. The highest BCUT2D eigenvalue weighted by molar-refractivity contribution is 7.84. The third-order valence-electron chi connectivity index (χ3n) is 2.74. The van der Waals surface area contributed by atoms with Crippen molar-refractivity contribution in [1.82, 2.24) is 5.32 Å². The van der Waals surface area contributed by atoms with E-state index >= 15 is 0 Å². The average Bonchev–Trinajstić information content (AvgIpc) is 2.34. The fourth-order valence-electron chi connectivity index (χ4n) is 1.40. The third-order valence-corrected chi connectivity index (χ3v) is 4.04. The van der Waals surface area contributed by atoms with E-state index in [-0.39, 0.29) is 17.4 Å². The molecule has 0 aliphatic heterocycles. The SMILES string of the molecule is CC(CNC(=O)c1ccc(N)c(C(F)(F)F)c1)S(C)=O. The van der Waals surface area contributed by atoms with Gasteiger partial charge in [-0.2, -0.15) is 13.2 Å². The Morgan fingerprint density at radius 3 is 2.55 bits per heavy atom. The van der Waals surface area contributed by atoms with Gasteiger partial charge in [0.05, 0.1) is 5.56 Å². The molecule has 0 aliphatic rings. The van der Waals surface area contributed by atoms with E-state index in [1.807, 2.05) is 0 Å². The molecule has 1 aromatic rings. The number of carbonyl (C=O) groups is 1. The fourth-order valence-corrected chi connectivity index (χ4v) is 1.72. The van der Waals surface area contributed by atoms with Crippen molar-refractivity contribution in [3.05, 3.63) is 29.3 Å². The highest BCUT2D eigenvalue weighted by Crippen LogP contribution is 2.33. The van der Waals surface area contributed by atoms with Crippen LogP contribution in [0.4, 0.5) is 18.9 Å². The Morgan fingerprint density at radius 1 is 1.45 bits per heavy atom. The van der Waals surface area contributed by atoms with Crippen LogP contribution < -0.4 is 11.1 Å². The summed E-state index contributed by atoms with van der Waals surface area (Å²) in [6.07, 6.45) is -3.12. The Morgan fingerprint density at radius 2 is 2.05 bits per heavy atom. The lowest BCUT2D eigenvalue weighted by atomic mass is 10.1. The minimum absolute atomic E-state index is 0.119. The normalized spacial score (nSPS) is 14.7. The first-order chi connectivity index (χ1) is 9.12. The average molecular weight is 308 g/mol. The van der Waals surface area contributed by atoms with Crippen molar-refractivity contribution in [1.29, 1.82) is 0 Å². The summed E-state index contributed by atoms with van der Waals surface area (Å²) in [5.41, 5.74) is 3.63. The molecule has 2 unspecified atom stereocenters. The second kappa shape index (κ2) is 6.25. The molecule has 0 fully saturated rings. The summed E-state index contributed by atoms with van der Waals surface area (Å²) in [5.74, 6) is -0.659. The van der Waals surface area contributed by atoms with Crippen LogP contribution in [0.5, 0.6) is 0 Å². The quantitative estimate of drug-likeness (QED) is 0.833. The van der Waals surface area contributed by atoms with Gasteiger partial charge >= 0.3 is 6.18 Å². The van der Waals surface area contributed by atoms with E-state index in [0.29, 0.717) is 6.07 Å². The van der Waals surface area contributed by atoms with E-state index in [2.05, 4.69) is 5.32 Å². The zero-order valence-corrected chi connectivity index (χ0v) is 11.8. The van der Waals surface area contributed by atoms with Crippen LogP contribution in [-0.2, 0) is 17.0 Å². The maximum Gasteiger partial charge on any atom is 0.418 e. The second-order valence-electron chi connectivity index (χ2n) is 4.32. The summed E-state index contributed by atoms with van der Waals surface area (Å²) in [6.45, 7) is 1.79. The maximum absolute atomic E-state index is 12.7. The van der Waals surface area contributed by atoms with Crippen molar-refractivity contribution in [2.24, 2.45) is 0 Å². The van der Waals surface area contributed by atoms with Gasteiger partial charge in [0, 0.05) is 40.1 Å². The van der Waals surface area contributed by atoms with E-state index in [1.165, 1.54) is 12.3 Å². The van der Waals surface area contributed by atoms with Gasteiger partial charge < -0.3 is 11.1 Å². The molecule has 0 saturated heterocycles. The number of rotatable bonds is 4. The molecule has 0 aromatic heterocycles. The molecule has 0 aliphatic carbocycles. The van der Waals surface area contributed by atoms with Gasteiger partial charge in [0.25, 0.3) is 5.91 Å². The summed E-state index contributed by atoms with van der Waals surface area (Å²) < 4.78 is 49.1. The maximum atomic E-state index is 12.7. The molecule has 8 heteroatoms. The predicted molar refractivity (Wildman–Crippen MR) is 71.7 cm³/mol. The molecular formula is C12H15F3N2O2S. The monoisotopic (exact) mass is 308 g/mol. The standard InChI is InChI=1S/C12H15F3N2O2S/c1-7(20(2)19)6-17-11(18)8-3-4-10(16)9(5-8)12(13,14)15/h3-5,7H,6,16H2,1-2H3,(H,17,18). The van der Waals surface area contributed by atoms with Crippen molar-refractivity contribution in [2.75, 3.05) is 18.5 Å². The van der Waals surface area contributed by atoms with Crippen LogP contribution in [-0.4, -0.2) is 28.2 Å². The molecule has 0 saturated carbocycles. The van der Waals surface area contributed by atoms with Gasteiger partial charge in [0.15, 0.2) is 0 Å². The molecule has 0 heterocycles. The van der Waals surface area contributed by atoms with E-state index < -0.39 is 34.1 Å². The number of hydrogen-bond acceptors (Lipinski definition) is 3. The van der Waals surface area contributed by atoms with Crippen LogP contribution in [0, 0.1) is 0 Å². The Hall–Kier alpha value is -1.57. The third kappa shape index (κ3) is 4.22. The first-order valence-corrected chi connectivity index (χ1v) is 7.32. The molecule has 1 amide bonds. The Balaban J connectivity index is 2.87. The molecule has 3 N–H and O–H groups in total. The van der Waals surface area contributed by atoms with E-state index in [0.717, 1.165) is 6.07 Å². The molecule has 0 radical (unpaired) electrons. The van der Waals surface area contributed by atoms with E-state index in [4.69, 9.17) is 5.73 Å². The largest absolute Gasteiger partial charge is 0.418 e. The first-order valence-electron chi connectivity index (χ1n) is 5.70. The minimum Gasteiger partial charge on any atom is -0.398 e. The molecule has 0 bridgehead atoms. The molecule has 2 atom stereocenters. The van der Waals surface area contributed by atoms with Gasteiger partial charge in [-0.25, -0.2) is 0 Å². The number of nitrogens with two attached hydrogens (primary N) is 1. The Bertz CT molecular complexity index is 532. The second-order valence-corrected chi connectivity index (χ2v) is 6.12. The zero-order chi connectivity index (χ0) is 15.5. The molecule has 4 nitrogen and oxygen atoms in total. The molecule has 1 aromatic carbocycles. The van der Waals surface area contributed by atoms with Gasteiger partial charge in [-0.05, 0) is 25.1 Å². The minimum atomic E-state index is -4.61. The smallest absolute Gasteiger partial charge is 0.398 e. The van der Waals surface area contributed by atoms with Crippen LogP contribution in [0.1, 0.15) is 22.8 Å². The highest BCUT2D eigenvalue weighted by Gasteiger charge is 2.33. The Kier molecular flexibility index (Phi) is 5.15. The number of benzene rings is 1. The first kappa shape index (κ1) is 16.5. The van der Waals surface area contributed by atoms with Crippen molar-refractivity contribution < 1.29 is 22.2 Å². The topological polar surface area (TPSA) is 72.2 Å². The summed E-state index contributed by atoms with van der Waals surface area (Å²) in [4.78, 5) is 11.7. The number of nitrogen functional groups attached to an aromatic ring is 1. The summed E-state index contributed by atoms with van der Waals surface area (Å²) in [7, 11) is -1.12. The van der Waals surface area contributed by atoms with Crippen LogP contribution in [0.3, 0.4) is 0 Å². The molecule has 20 heavy (non-hydrogen) atoms. The number of alkyl halides is 3. The summed E-state index contributed by atoms with van der Waals surface area (Å²) in [6, 6.07) is 2.96. The number of nitrogens with one attached hydrogen (secondary N) is 1. The van der Waals surface area contributed by atoms with Gasteiger partial charge in [-0.3, -0.25) is 9.00 Å². The van der Waals surface area contributed by atoms with E-state index in [9.17, 15) is 22.2 Å². The van der Waals surface area contributed by atoms with Gasteiger partial charge in [-0.1, -0.05) is 0 Å². The lowest BCUT2D eigenvalue weighted by Crippen LogP contribution is -2.32. The van der Waals surface area contributed by atoms with Crippen molar-refractivity contribution >= 4 is 22.4 Å². The number of hydrogen-bond donors (Lipinski definition) is 2. The van der Waals surface area contributed by atoms with Crippen molar-refractivity contribution in [2.45, 2.75) is 18.3 Å². The lowest BCUT2D eigenvalue weighted by Gasteiger charge is -2.13. The van der Waals surface area contributed by atoms with Crippen LogP contribution in [0.2, 0.25) is 0 Å². The fraction of sp³-hybridized carbons (Fsp3) is 0.417. The summed E-state index contributed by atoms with van der Waals surface area (Å²) >= 11 is 0. The van der Waals surface area contributed by atoms with Crippen LogP contribution >= 0.6 is 0 Å². The number of carbonyl (C=O) groups excluding carboxylic acids is 1. The number of anilines is 1. The van der Waals surface area contributed by atoms with Crippen LogP contribution in [0.15, 0.2) is 18.2 Å². The predicted octanol–water partition coefficient (Wildman–Crippen LogP) is 1.78. The van der Waals surface area contributed by atoms with Gasteiger partial charge in [0.1, 0.15) is 0 Å². The van der Waals surface area contributed by atoms with Crippen molar-refractivity contribution in [3.8, 4) is 0 Å². The van der Waals surface area contributed by atoms with E-state index in [1.54, 1.807) is 6.92 Å². The molecule has 1 rings (SSSR count). The number of amides is 1. The lowest BCUT2D eigenvalue weighted by molar-refractivity contribution is -0.136.